The van der Waals surface area contributed by atoms with Gasteiger partial charge in [0.25, 0.3) is 0 Å². The summed E-state index contributed by atoms with van der Waals surface area (Å²) in [4.78, 5) is 24.9. The fraction of sp³-hybridized carbons (Fsp3) is 0.467. The molecule has 1 aromatic carbocycles. The lowest BCUT2D eigenvalue weighted by molar-refractivity contribution is -0.138. The third-order valence-electron chi connectivity index (χ3n) is 4.05. The van der Waals surface area contributed by atoms with Gasteiger partial charge in [0.05, 0.1) is 0 Å². The second-order valence-electron chi connectivity index (χ2n) is 5.33. The van der Waals surface area contributed by atoms with Crippen LogP contribution in [0.1, 0.15) is 24.3 Å². The van der Waals surface area contributed by atoms with Crippen molar-refractivity contribution < 1.29 is 9.59 Å². The van der Waals surface area contributed by atoms with Crippen molar-refractivity contribution in [3.8, 4) is 0 Å². The van der Waals surface area contributed by atoms with E-state index < -0.39 is 11.8 Å². The molecule has 5 nitrogen and oxygen atoms in total. The summed E-state index contributed by atoms with van der Waals surface area (Å²) < 4.78 is 0. The summed E-state index contributed by atoms with van der Waals surface area (Å²) in [7, 11) is 0. The Labute approximate surface area is 118 Å². The van der Waals surface area contributed by atoms with Crippen molar-refractivity contribution in [2.75, 3.05) is 31.1 Å². The van der Waals surface area contributed by atoms with Crippen LogP contribution in [0.4, 0.5) is 5.69 Å². The van der Waals surface area contributed by atoms with Gasteiger partial charge in [0.2, 0.25) is 0 Å². The maximum Gasteiger partial charge on any atom is 0.316 e. The minimum Gasteiger partial charge on any atom is -0.346 e. The van der Waals surface area contributed by atoms with Gasteiger partial charge >= 0.3 is 11.8 Å². The van der Waals surface area contributed by atoms with Crippen LogP contribution < -0.4 is 15.5 Å². The minimum absolute atomic E-state index is 0.460. The van der Waals surface area contributed by atoms with E-state index in [1.165, 1.54) is 5.56 Å². The van der Waals surface area contributed by atoms with Crippen LogP contribution in [0.2, 0.25) is 0 Å². The molecule has 2 amide bonds. The first-order valence-electron chi connectivity index (χ1n) is 7.16. The third-order valence-corrected chi connectivity index (χ3v) is 4.05. The van der Waals surface area contributed by atoms with Crippen LogP contribution in [0, 0.1) is 0 Å². The predicted octanol–water partition coefficient (Wildman–Crippen LogP) is 0.616. The zero-order chi connectivity index (χ0) is 13.9. The lowest BCUT2D eigenvalue weighted by Crippen LogP contribution is -2.52. The fourth-order valence-electron chi connectivity index (χ4n) is 2.93. The standard InChI is InChI=1S/C15H19N3O2/c19-14-15(20)18(9-8-17-14)13-3-1-2-12(10-13)11-4-6-16-7-5-11/h1-3,10-11,16H,4-9H2,(H,17,19). The second kappa shape index (κ2) is 5.63. The summed E-state index contributed by atoms with van der Waals surface area (Å²) in [5.41, 5.74) is 2.10. The number of hydrogen-bond donors (Lipinski definition) is 2. The van der Waals surface area contributed by atoms with Gasteiger partial charge in [0, 0.05) is 18.8 Å². The van der Waals surface area contributed by atoms with Crippen LogP contribution in [-0.4, -0.2) is 38.0 Å². The number of piperazine rings is 1. The van der Waals surface area contributed by atoms with E-state index in [-0.39, 0.29) is 0 Å². The van der Waals surface area contributed by atoms with Crippen LogP contribution in [0.25, 0.3) is 0 Å². The molecule has 5 heteroatoms. The zero-order valence-electron chi connectivity index (χ0n) is 11.4. The van der Waals surface area contributed by atoms with E-state index in [0.29, 0.717) is 19.0 Å². The van der Waals surface area contributed by atoms with E-state index in [4.69, 9.17) is 0 Å². The highest BCUT2D eigenvalue weighted by Gasteiger charge is 2.27. The lowest BCUT2D eigenvalue weighted by atomic mass is 9.90. The molecule has 2 heterocycles. The summed E-state index contributed by atoms with van der Waals surface area (Å²) >= 11 is 0. The summed E-state index contributed by atoms with van der Waals surface area (Å²) in [6.45, 7) is 3.14. The van der Waals surface area contributed by atoms with Crippen LogP contribution >= 0.6 is 0 Å². The van der Waals surface area contributed by atoms with Crippen LogP contribution in [-0.2, 0) is 9.59 Å². The van der Waals surface area contributed by atoms with E-state index in [1.807, 2.05) is 12.1 Å². The molecule has 0 aromatic heterocycles. The quantitative estimate of drug-likeness (QED) is 0.776. The molecule has 0 aliphatic carbocycles. The van der Waals surface area contributed by atoms with E-state index in [0.717, 1.165) is 31.6 Å². The number of anilines is 1. The Morgan fingerprint density at radius 2 is 1.90 bits per heavy atom. The number of piperidine rings is 1. The van der Waals surface area contributed by atoms with Gasteiger partial charge in [0.1, 0.15) is 0 Å². The Morgan fingerprint density at radius 3 is 2.70 bits per heavy atom. The Morgan fingerprint density at radius 1 is 1.10 bits per heavy atom. The third kappa shape index (κ3) is 2.54. The van der Waals surface area contributed by atoms with Crippen molar-refractivity contribution in [1.82, 2.24) is 10.6 Å². The Kier molecular flexibility index (Phi) is 3.69. The predicted molar refractivity (Wildman–Crippen MR) is 76.6 cm³/mol. The average Bonchev–Trinajstić information content (AvgIpc) is 2.51. The van der Waals surface area contributed by atoms with E-state index in [9.17, 15) is 9.59 Å². The van der Waals surface area contributed by atoms with Gasteiger partial charge in [-0.2, -0.15) is 0 Å². The molecule has 1 aromatic rings. The first-order valence-corrected chi connectivity index (χ1v) is 7.16. The number of nitrogens with zero attached hydrogens (tertiary/aromatic N) is 1. The van der Waals surface area contributed by atoms with Gasteiger partial charge in [-0.15, -0.1) is 0 Å². The molecule has 106 valence electrons. The maximum atomic E-state index is 11.9. The van der Waals surface area contributed by atoms with Gasteiger partial charge < -0.3 is 15.5 Å². The van der Waals surface area contributed by atoms with E-state index in [2.05, 4.69) is 22.8 Å². The van der Waals surface area contributed by atoms with Crippen molar-refractivity contribution in [1.29, 1.82) is 0 Å². The monoisotopic (exact) mass is 273 g/mol. The molecule has 0 spiro atoms. The largest absolute Gasteiger partial charge is 0.346 e. The molecule has 0 unspecified atom stereocenters. The highest BCUT2D eigenvalue weighted by Crippen LogP contribution is 2.28. The minimum atomic E-state index is -0.511. The number of nitrogens with one attached hydrogen (secondary N) is 2. The van der Waals surface area contributed by atoms with Crippen molar-refractivity contribution in [3.05, 3.63) is 29.8 Å². The molecular weight excluding hydrogens is 254 g/mol. The van der Waals surface area contributed by atoms with Crippen LogP contribution in [0.3, 0.4) is 0 Å². The molecule has 20 heavy (non-hydrogen) atoms. The second-order valence-corrected chi connectivity index (χ2v) is 5.33. The van der Waals surface area contributed by atoms with Crippen LogP contribution in [0.5, 0.6) is 0 Å². The molecule has 0 atom stereocenters. The van der Waals surface area contributed by atoms with Gasteiger partial charge in [-0.25, -0.2) is 0 Å². The van der Waals surface area contributed by atoms with Gasteiger partial charge in [-0.1, -0.05) is 12.1 Å². The first kappa shape index (κ1) is 13.1. The summed E-state index contributed by atoms with van der Waals surface area (Å²) in [5, 5.41) is 5.93. The molecule has 0 saturated carbocycles. The molecule has 3 rings (SSSR count). The highest BCUT2D eigenvalue weighted by molar-refractivity contribution is 6.41. The van der Waals surface area contributed by atoms with E-state index >= 15 is 0 Å². The molecular formula is C15H19N3O2. The molecule has 2 saturated heterocycles. The van der Waals surface area contributed by atoms with Crippen molar-refractivity contribution in [2.24, 2.45) is 0 Å². The fourth-order valence-corrected chi connectivity index (χ4v) is 2.93. The maximum absolute atomic E-state index is 11.9. The number of hydrogen-bond acceptors (Lipinski definition) is 3. The van der Waals surface area contributed by atoms with Gasteiger partial charge in [-0.05, 0) is 49.5 Å². The average molecular weight is 273 g/mol. The topological polar surface area (TPSA) is 61.4 Å². The summed E-state index contributed by atoms with van der Waals surface area (Å²) in [6.07, 6.45) is 2.25. The van der Waals surface area contributed by atoms with Crippen molar-refractivity contribution in [3.63, 3.8) is 0 Å². The number of rotatable bonds is 2. The molecule has 2 aliphatic heterocycles. The molecule has 2 N–H and O–H groups in total. The van der Waals surface area contributed by atoms with Crippen LogP contribution in [0.15, 0.2) is 24.3 Å². The first-order chi connectivity index (χ1) is 9.75. The number of carbonyl (C=O) groups excluding carboxylic acids is 2. The smallest absolute Gasteiger partial charge is 0.316 e. The normalized spacial score (nSPS) is 20.9. The number of amides is 2. The van der Waals surface area contributed by atoms with Crippen molar-refractivity contribution in [2.45, 2.75) is 18.8 Å². The van der Waals surface area contributed by atoms with E-state index in [1.54, 1.807) is 4.90 Å². The van der Waals surface area contributed by atoms with Gasteiger partial charge in [-0.3, -0.25) is 9.59 Å². The van der Waals surface area contributed by atoms with Crippen molar-refractivity contribution >= 4 is 17.5 Å². The Hall–Kier alpha value is -1.88. The summed E-state index contributed by atoms with van der Waals surface area (Å²) in [5.74, 6) is -0.424. The number of benzene rings is 1. The van der Waals surface area contributed by atoms with Gasteiger partial charge in [0.15, 0.2) is 0 Å². The molecule has 0 bridgehead atoms. The number of carbonyl (C=O) groups is 2. The summed E-state index contributed by atoms with van der Waals surface area (Å²) in [6, 6.07) is 8.06. The molecule has 0 radical (unpaired) electrons. The SMILES string of the molecule is O=C1NCCN(c2cccc(C3CCNCC3)c2)C1=O. The Bertz CT molecular complexity index is 524. The zero-order valence-corrected chi connectivity index (χ0v) is 11.4. The highest BCUT2D eigenvalue weighted by atomic mass is 16.2. The molecule has 2 aliphatic rings. The Balaban J connectivity index is 1.83. The lowest BCUT2D eigenvalue weighted by Gasteiger charge is -2.28. The molecule has 2 fully saturated rings.